The molecule has 2 aromatic rings. The molecule has 0 aliphatic heterocycles. The Hall–Kier alpha value is -1.13. The van der Waals surface area contributed by atoms with Crippen LogP contribution >= 0.6 is 12.2 Å². The average molecular weight is 261 g/mol. The van der Waals surface area contributed by atoms with Gasteiger partial charge >= 0.3 is 0 Å². The quantitative estimate of drug-likeness (QED) is 0.855. The number of aromatic amines is 1. The Morgan fingerprint density at radius 1 is 1.44 bits per heavy atom. The molecule has 0 atom stereocenters. The summed E-state index contributed by atoms with van der Waals surface area (Å²) < 4.78 is 3.04. The van der Waals surface area contributed by atoms with Gasteiger partial charge in [-0.1, -0.05) is 6.07 Å². The molecule has 1 fully saturated rings. The second-order valence-electron chi connectivity index (χ2n) is 5.31. The molecule has 0 bridgehead atoms. The lowest BCUT2D eigenvalue weighted by Gasteiger charge is -2.16. The molecule has 4 heteroatoms. The number of nitrogens with one attached hydrogen (secondary N) is 1. The first-order chi connectivity index (χ1) is 8.65. The molecule has 3 rings (SSSR count). The molecule has 0 saturated heterocycles. The molecule has 1 aliphatic carbocycles. The minimum Gasteiger partial charge on any atom is -0.331 e. The normalized spacial score (nSPS) is 15.7. The Bertz CT molecular complexity index is 621. The van der Waals surface area contributed by atoms with E-state index >= 15 is 0 Å². The van der Waals surface area contributed by atoms with Gasteiger partial charge in [0, 0.05) is 19.1 Å². The van der Waals surface area contributed by atoms with Crippen LogP contribution in [0.4, 0.5) is 0 Å². The van der Waals surface area contributed by atoms with Crippen molar-refractivity contribution in [2.75, 3.05) is 13.6 Å². The molecule has 1 N–H and O–H groups in total. The fourth-order valence-corrected chi connectivity index (χ4v) is 2.75. The minimum atomic E-state index is 0.812. The highest BCUT2D eigenvalue weighted by atomic mass is 32.1. The van der Waals surface area contributed by atoms with Crippen molar-refractivity contribution in [1.29, 1.82) is 0 Å². The van der Waals surface area contributed by atoms with E-state index in [1.807, 2.05) is 0 Å². The number of nitrogens with zero attached hydrogens (tertiary/aromatic N) is 2. The number of rotatable bonds is 4. The van der Waals surface area contributed by atoms with Crippen LogP contribution in [0.1, 0.15) is 18.4 Å². The monoisotopic (exact) mass is 261 g/mol. The van der Waals surface area contributed by atoms with Gasteiger partial charge in [0.25, 0.3) is 0 Å². The molecule has 0 radical (unpaired) electrons. The van der Waals surface area contributed by atoms with E-state index in [1.54, 1.807) is 0 Å². The molecule has 0 spiro atoms. The zero-order valence-corrected chi connectivity index (χ0v) is 11.8. The van der Waals surface area contributed by atoms with Gasteiger partial charge in [-0.2, -0.15) is 0 Å². The number of likely N-dealkylation sites (N-methyl/N-ethyl adjacent to an activating group) is 1. The number of imidazole rings is 1. The van der Waals surface area contributed by atoms with Crippen molar-refractivity contribution in [2.24, 2.45) is 0 Å². The Labute approximate surface area is 112 Å². The summed E-state index contributed by atoms with van der Waals surface area (Å²) in [5, 5.41) is 0. The summed E-state index contributed by atoms with van der Waals surface area (Å²) >= 11 is 5.42. The van der Waals surface area contributed by atoms with Gasteiger partial charge in [0.15, 0.2) is 4.77 Å². The van der Waals surface area contributed by atoms with Crippen molar-refractivity contribution in [3.8, 4) is 0 Å². The van der Waals surface area contributed by atoms with Crippen molar-refractivity contribution < 1.29 is 0 Å². The molecule has 1 saturated carbocycles. The van der Waals surface area contributed by atoms with Gasteiger partial charge in [0.2, 0.25) is 0 Å². The maximum atomic E-state index is 5.42. The zero-order valence-electron chi connectivity index (χ0n) is 10.9. The van der Waals surface area contributed by atoms with E-state index in [2.05, 4.69) is 46.6 Å². The molecular formula is C14H19N3S. The van der Waals surface area contributed by atoms with Crippen LogP contribution in [0.15, 0.2) is 18.2 Å². The lowest BCUT2D eigenvalue weighted by atomic mass is 10.2. The van der Waals surface area contributed by atoms with Gasteiger partial charge < -0.3 is 14.5 Å². The molecular weight excluding hydrogens is 242 g/mol. The first-order valence-electron chi connectivity index (χ1n) is 6.54. The molecule has 0 amide bonds. The summed E-state index contributed by atoms with van der Waals surface area (Å²) in [6.45, 7) is 4.14. The molecule has 3 nitrogen and oxygen atoms in total. The van der Waals surface area contributed by atoms with E-state index in [4.69, 9.17) is 12.2 Å². The summed E-state index contributed by atoms with van der Waals surface area (Å²) in [5.41, 5.74) is 3.63. The van der Waals surface area contributed by atoms with E-state index < -0.39 is 0 Å². The molecule has 0 unspecified atom stereocenters. The molecule has 1 aromatic heterocycles. The van der Waals surface area contributed by atoms with E-state index in [0.29, 0.717) is 0 Å². The highest BCUT2D eigenvalue weighted by Gasteiger charge is 2.25. The minimum absolute atomic E-state index is 0.812. The first kappa shape index (κ1) is 11.9. The van der Waals surface area contributed by atoms with Gasteiger partial charge in [-0.15, -0.1) is 0 Å². The summed E-state index contributed by atoms with van der Waals surface area (Å²) in [4.78, 5) is 5.74. The highest BCUT2D eigenvalue weighted by Crippen LogP contribution is 2.25. The van der Waals surface area contributed by atoms with Crippen LogP contribution in [0.3, 0.4) is 0 Å². The summed E-state index contributed by atoms with van der Waals surface area (Å²) in [5.74, 6) is 0. The van der Waals surface area contributed by atoms with Crippen molar-refractivity contribution in [1.82, 2.24) is 14.5 Å². The zero-order chi connectivity index (χ0) is 12.7. The van der Waals surface area contributed by atoms with Crippen LogP contribution in [0.5, 0.6) is 0 Å². The van der Waals surface area contributed by atoms with Crippen LogP contribution in [0, 0.1) is 11.7 Å². The van der Waals surface area contributed by atoms with E-state index in [9.17, 15) is 0 Å². The fourth-order valence-electron chi connectivity index (χ4n) is 2.46. The predicted molar refractivity (Wildman–Crippen MR) is 77.5 cm³/mol. The summed E-state index contributed by atoms with van der Waals surface area (Å²) in [6, 6.07) is 7.28. The van der Waals surface area contributed by atoms with Crippen molar-refractivity contribution in [2.45, 2.75) is 32.4 Å². The SMILES string of the molecule is Cc1ccc2c(c1)[nH]c(=S)n2CCN(C)C1CC1. The van der Waals surface area contributed by atoms with E-state index in [1.165, 1.54) is 23.9 Å². The van der Waals surface area contributed by atoms with Crippen molar-refractivity contribution in [3.05, 3.63) is 28.5 Å². The largest absolute Gasteiger partial charge is 0.331 e. The van der Waals surface area contributed by atoms with Gasteiger partial charge in [-0.05, 0) is 56.7 Å². The predicted octanol–water partition coefficient (Wildman–Crippen LogP) is 3.10. The standard InChI is InChI=1S/C14H19N3S/c1-10-3-6-13-12(9-10)15-14(18)17(13)8-7-16(2)11-4-5-11/h3,6,9,11H,4-5,7-8H2,1-2H3,(H,15,18). The van der Waals surface area contributed by atoms with Gasteiger partial charge in [0.1, 0.15) is 0 Å². The molecule has 1 aromatic carbocycles. The van der Waals surface area contributed by atoms with Crippen molar-refractivity contribution in [3.63, 3.8) is 0 Å². The lowest BCUT2D eigenvalue weighted by molar-refractivity contribution is 0.310. The van der Waals surface area contributed by atoms with E-state index in [0.717, 1.165) is 29.4 Å². The Kier molecular flexibility index (Phi) is 2.99. The molecule has 1 heterocycles. The van der Waals surface area contributed by atoms with Gasteiger partial charge in [-0.3, -0.25) is 0 Å². The van der Waals surface area contributed by atoms with Crippen LogP contribution < -0.4 is 0 Å². The van der Waals surface area contributed by atoms with Gasteiger partial charge in [0.05, 0.1) is 11.0 Å². The van der Waals surface area contributed by atoms with Crippen LogP contribution in [0.25, 0.3) is 11.0 Å². The van der Waals surface area contributed by atoms with E-state index in [-0.39, 0.29) is 0 Å². The Morgan fingerprint density at radius 3 is 2.94 bits per heavy atom. The number of hydrogen-bond donors (Lipinski definition) is 1. The third-order valence-electron chi connectivity index (χ3n) is 3.78. The molecule has 96 valence electrons. The maximum Gasteiger partial charge on any atom is 0.178 e. The van der Waals surface area contributed by atoms with Gasteiger partial charge in [-0.25, -0.2) is 0 Å². The molecule has 1 aliphatic rings. The number of fused-ring (bicyclic) bond motifs is 1. The smallest absolute Gasteiger partial charge is 0.178 e. The summed E-state index contributed by atoms with van der Waals surface area (Å²) in [7, 11) is 2.21. The lowest BCUT2D eigenvalue weighted by Crippen LogP contribution is -2.25. The Morgan fingerprint density at radius 2 is 2.22 bits per heavy atom. The first-order valence-corrected chi connectivity index (χ1v) is 6.95. The number of benzene rings is 1. The van der Waals surface area contributed by atoms with Crippen LogP contribution in [0.2, 0.25) is 0 Å². The van der Waals surface area contributed by atoms with Crippen LogP contribution in [-0.2, 0) is 6.54 Å². The third kappa shape index (κ3) is 2.22. The second kappa shape index (κ2) is 4.52. The van der Waals surface area contributed by atoms with Crippen molar-refractivity contribution >= 4 is 23.3 Å². The molecule has 18 heavy (non-hydrogen) atoms. The third-order valence-corrected chi connectivity index (χ3v) is 4.10. The number of aromatic nitrogens is 2. The highest BCUT2D eigenvalue weighted by molar-refractivity contribution is 7.71. The average Bonchev–Trinajstić information content (AvgIpc) is 3.11. The Balaban J connectivity index is 1.86. The topological polar surface area (TPSA) is 24.0 Å². The maximum absolute atomic E-state index is 5.42. The number of aryl methyl sites for hydroxylation is 1. The number of H-pyrrole nitrogens is 1. The summed E-state index contributed by atoms with van der Waals surface area (Å²) in [6.07, 6.45) is 2.71. The number of hydrogen-bond acceptors (Lipinski definition) is 2. The second-order valence-corrected chi connectivity index (χ2v) is 5.70. The fraction of sp³-hybridized carbons (Fsp3) is 0.500. The van der Waals surface area contributed by atoms with Crippen LogP contribution in [-0.4, -0.2) is 34.1 Å².